The predicted octanol–water partition coefficient (Wildman–Crippen LogP) is 0.102. The lowest BCUT2D eigenvalue weighted by molar-refractivity contribution is -0.312. The molecule has 0 spiro atoms. The number of allylic oxidation sites excluding steroid dienone is 2. The normalized spacial score (nSPS) is 44.5. The van der Waals surface area contributed by atoms with E-state index in [1.54, 1.807) is 0 Å². The number of carboxylic acid groups (broad SMARTS) is 1. The maximum atomic E-state index is 12.6. The van der Waals surface area contributed by atoms with Gasteiger partial charge in [0, 0.05) is 12.0 Å². The maximum absolute atomic E-state index is 12.6. The van der Waals surface area contributed by atoms with Crippen LogP contribution in [0, 0.1) is 29.6 Å². The molecule has 2 bridgehead atoms. The van der Waals surface area contributed by atoms with E-state index in [-0.39, 0.29) is 41.5 Å². The van der Waals surface area contributed by atoms with Crippen LogP contribution < -0.4 is 5.11 Å². The molecule has 0 unspecified atom stereocenters. The van der Waals surface area contributed by atoms with Crippen LogP contribution in [0.25, 0.3) is 0 Å². The summed E-state index contributed by atoms with van der Waals surface area (Å²) in [5, 5.41) is 10.9. The minimum absolute atomic E-state index is 0.0150. The van der Waals surface area contributed by atoms with Crippen molar-refractivity contribution in [3.63, 3.8) is 0 Å². The fraction of sp³-hybridized carbons (Fsp3) is 0.688. The molecule has 4 aliphatic rings. The summed E-state index contributed by atoms with van der Waals surface area (Å²) in [6.07, 6.45) is 7.32. The Morgan fingerprint density at radius 1 is 1.00 bits per heavy atom. The first kappa shape index (κ1) is 13.0. The lowest BCUT2D eigenvalue weighted by atomic mass is 9.85. The molecule has 1 heterocycles. The number of rotatable bonds is 2. The van der Waals surface area contributed by atoms with Gasteiger partial charge in [-0.05, 0) is 49.9 Å². The van der Waals surface area contributed by atoms with Gasteiger partial charge in [0.05, 0.1) is 11.8 Å². The molecule has 0 radical (unpaired) electrons. The molecule has 112 valence electrons. The van der Waals surface area contributed by atoms with E-state index in [0.717, 1.165) is 6.42 Å². The molecular weight excluding hydrogens is 270 g/mol. The number of carbonyl (C=O) groups is 3. The number of likely N-dealkylation sites (tertiary alicyclic amines) is 1. The van der Waals surface area contributed by atoms with E-state index in [2.05, 4.69) is 12.2 Å². The molecule has 2 amide bonds. The number of carbonyl (C=O) groups excluding carboxylic acids is 3. The van der Waals surface area contributed by atoms with Crippen molar-refractivity contribution < 1.29 is 19.5 Å². The summed E-state index contributed by atoms with van der Waals surface area (Å²) in [7, 11) is 0. The van der Waals surface area contributed by atoms with Crippen molar-refractivity contribution in [1.82, 2.24) is 4.90 Å². The molecule has 5 nitrogen and oxygen atoms in total. The Hall–Kier alpha value is -1.65. The van der Waals surface area contributed by atoms with E-state index in [4.69, 9.17) is 0 Å². The van der Waals surface area contributed by atoms with Gasteiger partial charge in [0.15, 0.2) is 0 Å². The van der Waals surface area contributed by atoms with Gasteiger partial charge in [-0.15, -0.1) is 0 Å². The molecule has 3 aliphatic carbocycles. The van der Waals surface area contributed by atoms with Gasteiger partial charge in [-0.1, -0.05) is 12.2 Å². The SMILES string of the molecule is O=C([O-])C1CCC(N2C(=O)[C@@H]3[C@H](C2=O)[C@H]2C=C[C@@H]3C2)CC1. The summed E-state index contributed by atoms with van der Waals surface area (Å²) in [4.78, 5) is 37.7. The van der Waals surface area contributed by atoms with Crippen molar-refractivity contribution in [3.8, 4) is 0 Å². The van der Waals surface area contributed by atoms with Crippen molar-refractivity contribution in [2.45, 2.75) is 38.1 Å². The van der Waals surface area contributed by atoms with Crippen LogP contribution in [0.1, 0.15) is 32.1 Å². The Bertz CT molecular complexity index is 516. The Morgan fingerprint density at radius 2 is 1.52 bits per heavy atom. The van der Waals surface area contributed by atoms with Crippen LogP contribution in [0.5, 0.6) is 0 Å². The molecule has 21 heavy (non-hydrogen) atoms. The highest BCUT2D eigenvalue weighted by atomic mass is 16.4. The predicted molar refractivity (Wildman–Crippen MR) is 70.3 cm³/mol. The van der Waals surface area contributed by atoms with E-state index in [9.17, 15) is 19.5 Å². The second kappa shape index (κ2) is 4.42. The molecule has 4 rings (SSSR count). The van der Waals surface area contributed by atoms with Gasteiger partial charge >= 0.3 is 0 Å². The summed E-state index contributed by atoms with van der Waals surface area (Å²) in [5.74, 6) is -1.28. The number of hydrogen-bond acceptors (Lipinski definition) is 4. The average Bonchev–Trinajstić information content (AvgIpc) is 3.13. The van der Waals surface area contributed by atoms with Gasteiger partial charge in [-0.2, -0.15) is 0 Å². The second-order valence-electron chi connectivity index (χ2n) is 6.87. The van der Waals surface area contributed by atoms with Crippen molar-refractivity contribution in [2.75, 3.05) is 0 Å². The number of imide groups is 1. The highest BCUT2D eigenvalue weighted by molar-refractivity contribution is 6.06. The second-order valence-corrected chi connectivity index (χ2v) is 6.87. The summed E-state index contributed by atoms with van der Waals surface area (Å²) >= 11 is 0. The van der Waals surface area contributed by atoms with Crippen LogP contribution in [0.3, 0.4) is 0 Å². The van der Waals surface area contributed by atoms with Crippen LogP contribution in [0.2, 0.25) is 0 Å². The summed E-state index contributed by atoms with van der Waals surface area (Å²) in [6.45, 7) is 0. The Balaban J connectivity index is 1.51. The summed E-state index contributed by atoms with van der Waals surface area (Å²) in [6, 6.07) is -0.106. The van der Waals surface area contributed by atoms with Crippen LogP contribution in [0.4, 0.5) is 0 Å². The third kappa shape index (κ3) is 1.72. The number of fused-ring (bicyclic) bond motifs is 5. The first-order valence-corrected chi connectivity index (χ1v) is 7.84. The Kier molecular flexibility index (Phi) is 2.75. The smallest absolute Gasteiger partial charge is 0.233 e. The van der Waals surface area contributed by atoms with Gasteiger partial charge in [0.1, 0.15) is 0 Å². The highest BCUT2D eigenvalue weighted by Crippen LogP contribution is 2.53. The largest absolute Gasteiger partial charge is 0.550 e. The number of nitrogens with zero attached hydrogens (tertiary/aromatic N) is 1. The highest BCUT2D eigenvalue weighted by Gasteiger charge is 2.60. The Labute approximate surface area is 123 Å². The zero-order valence-corrected chi connectivity index (χ0v) is 11.7. The quantitative estimate of drug-likeness (QED) is 0.533. The zero-order valence-electron chi connectivity index (χ0n) is 11.7. The number of carboxylic acids is 1. The van der Waals surface area contributed by atoms with Crippen molar-refractivity contribution >= 4 is 17.8 Å². The first-order valence-electron chi connectivity index (χ1n) is 7.84. The van der Waals surface area contributed by atoms with Crippen molar-refractivity contribution in [1.29, 1.82) is 0 Å². The molecule has 3 fully saturated rings. The third-order valence-corrected chi connectivity index (χ3v) is 5.90. The third-order valence-electron chi connectivity index (χ3n) is 5.90. The monoisotopic (exact) mass is 288 g/mol. The van der Waals surface area contributed by atoms with Crippen molar-refractivity contribution in [2.24, 2.45) is 29.6 Å². The minimum atomic E-state index is -1.01. The zero-order chi connectivity index (χ0) is 14.7. The molecular formula is C16H18NO4-. The molecule has 2 saturated carbocycles. The van der Waals surface area contributed by atoms with E-state index < -0.39 is 11.9 Å². The molecule has 5 heteroatoms. The van der Waals surface area contributed by atoms with Gasteiger partial charge in [-0.25, -0.2) is 0 Å². The van der Waals surface area contributed by atoms with E-state index in [1.165, 1.54) is 4.90 Å². The van der Waals surface area contributed by atoms with Gasteiger partial charge in [0.2, 0.25) is 11.8 Å². The van der Waals surface area contributed by atoms with Gasteiger partial charge in [0.25, 0.3) is 0 Å². The lowest BCUT2D eigenvalue weighted by Gasteiger charge is -2.34. The van der Waals surface area contributed by atoms with Crippen LogP contribution in [-0.4, -0.2) is 28.7 Å². The van der Waals surface area contributed by atoms with Crippen LogP contribution >= 0.6 is 0 Å². The molecule has 0 aromatic heterocycles. The first-order chi connectivity index (χ1) is 10.1. The van der Waals surface area contributed by atoms with Crippen molar-refractivity contribution in [3.05, 3.63) is 12.2 Å². The molecule has 0 aromatic carbocycles. The molecule has 1 aliphatic heterocycles. The fourth-order valence-corrected chi connectivity index (χ4v) is 4.85. The topological polar surface area (TPSA) is 77.5 Å². The lowest BCUT2D eigenvalue weighted by Crippen LogP contribution is -2.45. The van der Waals surface area contributed by atoms with E-state index in [1.807, 2.05) is 0 Å². The van der Waals surface area contributed by atoms with E-state index in [0.29, 0.717) is 25.7 Å². The van der Waals surface area contributed by atoms with Gasteiger partial charge < -0.3 is 9.90 Å². The number of aliphatic carboxylic acids is 1. The Morgan fingerprint density at radius 3 is 2.00 bits per heavy atom. The summed E-state index contributed by atoms with van der Waals surface area (Å²) < 4.78 is 0. The van der Waals surface area contributed by atoms with Crippen LogP contribution in [0.15, 0.2) is 12.2 Å². The maximum Gasteiger partial charge on any atom is 0.233 e. The average molecular weight is 288 g/mol. The van der Waals surface area contributed by atoms with Gasteiger partial charge in [-0.3, -0.25) is 14.5 Å². The fourth-order valence-electron chi connectivity index (χ4n) is 4.85. The standard InChI is InChI=1S/C16H19NO4/c18-14-12-9-1-2-10(7-9)13(12)15(19)17(14)11-5-3-8(4-6-11)16(20)21/h1-2,8-13H,3-7H2,(H,20,21)/p-1/t8?,9-,10+,11?,12+,13-. The molecule has 0 aromatic rings. The number of amides is 2. The van der Waals surface area contributed by atoms with Crippen LogP contribution in [-0.2, 0) is 14.4 Å². The van der Waals surface area contributed by atoms with E-state index >= 15 is 0 Å². The molecule has 4 atom stereocenters. The molecule has 1 saturated heterocycles. The minimum Gasteiger partial charge on any atom is -0.550 e. The number of hydrogen-bond donors (Lipinski definition) is 0. The summed E-state index contributed by atoms with van der Waals surface area (Å²) in [5.41, 5.74) is 0. The molecule has 0 N–H and O–H groups in total.